The lowest BCUT2D eigenvalue weighted by Gasteiger charge is -2.36. The molecule has 1 aliphatic heterocycles. The van der Waals surface area contributed by atoms with E-state index in [1.54, 1.807) is 0 Å². The quantitative estimate of drug-likeness (QED) is 0.561. The molecular weight excluding hydrogens is 162 g/mol. The van der Waals surface area contributed by atoms with Crippen LogP contribution in [0.25, 0.3) is 0 Å². The number of likely N-dealkylation sites (N-methyl/N-ethyl adjacent to an activating group) is 1. The molecule has 1 N–H and O–H groups in total. The Kier molecular flexibility index (Phi) is 3.04. The molecule has 1 saturated heterocycles. The molecule has 3 nitrogen and oxygen atoms in total. The van der Waals surface area contributed by atoms with Gasteiger partial charge in [-0.15, -0.1) is 0 Å². The van der Waals surface area contributed by atoms with E-state index in [2.05, 4.69) is 7.05 Å². The highest BCUT2D eigenvalue weighted by Crippen LogP contribution is 2.07. The zero-order valence-corrected chi connectivity index (χ0v) is 7.77. The summed E-state index contributed by atoms with van der Waals surface area (Å²) in [5.41, 5.74) is 0. The van der Waals surface area contributed by atoms with E-state index < -0.39 is 10.8 Å². The molecule has 11 heavy (non-hydrogen) atoms. The Morgan fingerprint density at radius 3 is 2.45 bits per heavy atom. The van der Waals surface area contributed by atoms with Crippen molar-refractivity contribution >= 4 is 10.8 Å². The zero-order chi connectivity index (χ0) is 8.32. The molecule has 1 aliphatic rings. The van der Waals surface area contributed by atoms with Crippen LogP contribution < -0.4 is 0 Å². The summed E-state index contributed by atoms with van der Waals surface area (Å²) in [7, 11) is 1.53. The predicted molar refractivity (Wildman–Crippen MR) is 45.7 cm³/mol. The second kappa shape index (κ2) is 3.65. The number of rotatable bonds is 2. The maximum atomic E-state index is 11.0. The normalized spacial score (nSPS) is 38.9. The molecular formula is C7H16NO2S+. The Morgan fingerprint density at radius 1 is 1.45 bits per heavy atom. The molecule has 0 amide bonds. The third kappa shape index (κ3) is 2.54. The van der Waals surface area contributed by atoms with Gasteiger partial charge in [-0.2, -0.15) is 0 Å². The van der Waals surface area contributed by atoms with E-state index in [4.69, 9.17) is 5.11 Å². The molecule has 0 bridgehead atoms. The van der Waals surface area contributed by atoms with Gasteiger partial charge < -0.3 is 9.59 Å². The van der Waals surface area contributed by atoms with Crippen molar-refractivity contribution in [3.05, 3.63) is 0 Å². The highest BCUT2D eigenvalue weighted by atomic mass is 32.2. The van der Waals surface area contributed by atoms with Crippen LogP contribution in [0, 0.1) is 0 Å². The fraction of sp³-hybridized carbons (Fsp3) is 1.00. The van der Waals surface area contributed by atoms with Gasteiger partial charge in [-0.25, -0.2) is 0 Å². The van der Waals surface area contributed by atoms with E-state index in [0.717, 1.165) is 35.6 Å². The summed E-state index contributed by atoms with van der Waals surface area (Å²) in [5.74, 6) is 1.60. The Labute approximate surface area is 70.1 Å². The standard InChI is InChI=1S/C7H16NO2S/c1-8(2-5-9)3-6-11(10)7-4-8/h9H,2-7H2,1H3/q+1. The molecule has 0 aromatic heterocycles. The van der Waals surface area contributed by atoms with Gasteiger partial charge in [0.05, 0.1) is 38.2 Å². The second-order valence-electron chi connectivity index (χ2n) is 3.36. The van der Waals surface area contributed by atoms with Gasteiger partial charge in [0.25, 0.3) is 0 Å². The first-order valence-corrected chi connectivity index (χ1v) is 5.44. The number of quaternary nitrogens is 1. The Balaban J connectivity index is 2.41. The Morgan fingerprint density at radius 2 is 2.00 bits per heavy atom. The topological polar surface area (TPSA) is 37.3 Å². The monoisotopic (exact) mass is 178 g/mol. The van der Waals surface area contributed by atoms with Gasteiger partial charge in [0.1, 0.15) is 6.54 Å². The third-order valence-electron chi connectivity index (χ3n) is 2.36. The first-order chi connectivity index (χ1) is 5.16. The van der Waals surface area contributed by atoms with Crippen LogP contribution in [0.4, 0.5) is 0 Å². The number of aliphatic hydroxyl groups excluding tert-OH is 1. The van der Waals surface area contributed by atoms with E-state index >= 15 is 0 Å². The maximum Gasteiger partial charge on any atom is 0.102 e. The smallest absolute Gasteiger partial charge is 0.102 e. The van der Waals surface area contributed by atoms with Crippen molar-refractivity contribution in [1.82, 2.24) is 0 Å². The van der Waals surface area contributed by atoms with Crippen molar-refractivity contribution < 1.29 is 13.8 Å². The van der Waals surface area contributed by atoms with E-state index in [-0.39, 0.29) is 6.61 Å². The summed E-state index contributed by atoms with van der Waals surface area (Å²) >= 11 is 0. The summed E-state index contributed by atoms with van der Waals surface area (Å²) < 4.78 is 11.9. The van der Waals surface area contributed by atoms with Gasteiger partial charge >= 0.3 is 0 Å². The number of hydrogen-bond donors (Lipinski definition) is 1. The molecule has 66 valence electrons. The highest BCUT2D eigenvalue weighted by molar-refractivity contribution is 7.85. The molecule has 0 spiro atoms. The average Bonchev–Trinajstić information content (AvgIpc) is 1.97. The largest absolute Gasteiger partial charge is 0.391 e. The van der Waals surface area contributed by atoms with E-state index in [0.29, 0.717) is 0 Å². The van der Waals surface area contributed by atoms with Crippen molar-refractivity contribution in [2.75, 3.05) is 44.8 Å². The molecule has 0 aromatic rings. The predicted octanol–water partition coefficient (Wildman–Crippen LogP) is -0.812. The van der Waals surface area contributed by atoms with Crippen LogP contribution in [0.3, 0.4) is 0 Å². The molecule has 1 rings (SSSR count). The summed E-state index contributed by atoms with van der Waals surface area (Å²) in [6, 6.07) is 0. The van der Waals surface area contributed by atoms with Gasteiger partial charge in [-0.05, 0) is 0 Å². The molecule has 0 aromatic carbocycles. The molecule has 1 fully saturated rings. The van der Waals surface area contributed by atoms with Crippen LogP contribution >= 0.6 is 0 Å². The van der Waals surface area contributed by atoms with Gasteiger partial charge in [0, 0.05) is 10.8 Å². The van der Waals surface area contributed by atoms with Crippen molar-refractivity contribution in [2.45, 2.75) is 0 Å². The maximum absolute atomic E-state index is 11.0. The van der Waals surface area contributed by atoms with E-state index in [1.165, 1.54) is 0 Å². The van der Waals surface area contributed by atoms with Gasteiger partial charge in [0.15, 0.2) is 0 Å². The minimum atomic E-state index is -0.588. The molecule has 0 atom stereocenters. The van der Waals surface area contributed by atoms with Crippen LogP contribution in [0.5, 0.6) is 0 Å². The minimum absolute atomic E-state index is 0.239. The summed E-state index contributed by atoms with van der Waals surface area (Å²) in [4.78, 5) is 0. The molecule has 0 saturated carbocycles. The van der Waals surface area contributed by atoms with Crippen LogP contribution in [-0.4, -0.2) is 58.6 Å². The zero-order valence-electron chi connectivity index (χ0n) is 6.95. The first-order valence-electron chi connectivity index (χ1n) is 3.96. The van der Waals surface area contributed by atoms with Gasteiger partial charge in [-0.1, -0.05) is 0 Å². The number of nitrogens with zero attached hydrogens (tertiary/aromatic N) is 1. The number of hydrogen-bond acceptors (Lipinski definition) is 2. The molecule has 0 radical (unpaired) electrons. The molecule has 1 heterocycles. The second-order valence-corrected chi connectivity index (χ2v) is 5.06. The van der Waals surface area contributed by atoms with Crippen LogP contribution in [0.15, 0.2) is 0 Å². The highest BCUT2D eigenvalue weighted by Gasteiger charge is 2.26. The number of aliphatic hydroxyl groups is 1. The lowest BCUT2D eigenvalue weighted by molar-refractivity contribution is -0.906. The van der Waals surface area contributed by atoms with Crippen LogP contribution in [-0.2, 0) is 10.8 Å². The summed E-state index contributed by atoms with van der Waals surface area (Å²) in [6.45, 7) is 2.95. The minimum Gasteiger partial charge on any atom is -0.391 e. The van der Waals surface area contributed by atoms with Crippen molar-refractivity contribution in [2.24, 2.45) is 0 Å². The van der Waals surface area contributed by atoms with Crippen molar-refractivity contribution in [1.29, 1.82) is 0 Å². The third-order valence-corrected chi connectivity index (χ3v) is 3.63. The van der Waals surface area contributed by atoms with Gasteiger partial charge in [-0.3, -0.25) is 4.21 Å². The molecule has 4 heteroatoms. The van der Waals surface area contributed by atoms with E-state index in [1.807, 2.05) is 0 Å². The van der Waals surface area contributed by atoms with Crippen molar-refractivity contribution in [3.63, 3.8) is 0 Å². The average molecular weight is 178 g/mol. The summed E-state index contributed by atoms with van der Waals surface area (Å²) in [5, 5.41) is 8.76. The SMILES string of the molecule is C[N+]1(CCO)CCS(=O)CC1. The molecule has 0 aliphatic carbocycles. The summed E-state index contributed by atoms with van der Waals surface area (Å²) in [6.07, 6.45) is 0. The lowest BCUT2D eigenvalue weighted by atomic mass is 10.4. The fourth-order valence-electron chi connectivity index (χ4n) is 1.32. The molecule has 0 unspecified atom stereocenters. The van der Waals surface area contributed by atoms with Crippen LogP contribution in [0.1, 0.15) is 0 Å². The Hall–Kier alpha value is 0.0700. The van der Waals surface area contributed by atoms with Crippen LogP contribution in [0.2, 0.25) is 0 Å². The lowest BCUT2D eigenvalue weighted by Crippen LogP contribution is -2.53. The first kappa shape index (κ1) is 9.16. The van der Waals surface area contributed by atoms with Crippen molar-refractivity contribution in [3.8, 4) is 0 Å². The van der Waals surface area contributed by atoms with Gasteiger partial charge in [0.2, 0.25) is 0 Å². The van der Waals surface area contributed by atoms with E-state index in [9.17, 15) is 4.21 Å². The Bertz CT molecular complexity index is 151. The fourth-order valence-corrected chi connectivity index (χ4v) is 2.82.